The fraction of sp³-hybridized carbons (Fsp3) is 1.00. The van der Waals surface area contributed by atoms with E-state index in [2.05, 4.69) is 33.1 Å². The van der Waals surface area contributed by atoms with Gasteiger partial charge in [-0.05, 0) is 11.8 Å². The first kappa shape index (κ1) is 10.9. The van der Waals surface area contributed by atoms with E-state index in [9.17, 15) is 0 Å². The van der Waals surface area contributed by atoms with Gasteiger partial charge in [-0.15, -0.1) is 0 Å². The Morgan fingerprint density at radius 3 is 1.73 bits per heavy atom. The van der Waals surface area contributed by atoms with Crippen LogP contribution in [0.25, 0.3) is 0 Å². The van der Waals surface area contributed by atoms with Crippen LogP contribution in [0.4, 0.5) is 0 Å². The molecule has 0 rings (SSSR count). The first-order valence-electron chi connectivity index (χ1n) is 4.63. The van der Waals surface area contributed by atoms with Crippen molar-refractivity contribution in [2.24, 2.45) is 17.7 Å². The van der Waals surface area contributed by atoms with E-state index in [1.54, 1.807) is 0 Å². The van der Waals surface area contributed by atoms with Gasteiger partial charge in [0.15, 0.2) is 0 Å². The van der Waals surface area contributed by atoms with Crippen molar-refractivity contribution in [3.05, 3.63) is 0 Å². The minimum Gasteiger partial charge on any atom is -0.271 e. The van der Waals surface area contributed by atoms with Crippen molar-refractivity contribution in [1.29, 1.82) is 0 Å². The Bertz CT molecular complexity index is 87.6. The second-order valence-electron chi connectivity index (χ2n) is 3.51. The predicted octanol–water partition coefficient (Wildman–Crippen LogP) is 1.91. The van der Waals surface area contributed by atoms with Gasteiger partial charge in [-0.3, -0.25) is 11.3 Å². The van der Waals surface area contributed by atoms with Crippen LogP contribution in [0.1, 0.15) is 40.5 Å². The quantitative estimate of drug-likeness (QED) is 0.474. The molecule has 0 amide bonds. The molecule has 0 bridgehead atoms. The monoisotopic (exact) mass is 158 g/mol. The van der Waals surface area contributed by atoms with Crippen LogP contribution in [-0.2, 0) is 0 Å². The van der Waals surface area contributed by atoms with Crippen molar-refractivity contribution in [3.8, 4) is 0 Å². The van der Waals surface area contributed by atoms with E-state index >= 15 is 0 Å². The minimum atomic E-state index is 0.477. The lowest BCUT2D eigenvalue weighted by molar-refractivity contribution is 0.271. The molecule has 0 spiro atoms. The molecule has 2 nitrogen and oxygen atoms in total. The van der Waals surface area contributed by atoms with Gasteiger partial charge in [0, 0.05) is 6.04 Å². The summed E-state index contributed by atoms with van der Waals surface area (Å²) in [5.41, 5.74) is 2.90. The lowest BCUT2D eigenvalue weighted by Gasteiger charge is -2.27. The molecule has 0 aliphatic rings. The third-order valence-corrected chi connectivity index (χ3v) is 2.47. The summed E-state index contributed by atoms with van der Waals surface area (Å²) < 4.78 is 0. The molecule has 0 aromatic heterocycles. The minimum absolute atomic E-state index is 0.477. The normalized spacial score (nSPS) is 14.5. The average Bonchev–Trinajstić information content (AvgIpc) is 1.99. The number of nitrogens with one attached hydrogen (secondary N) is 1. The summed E-state index contributed by atoms with van der Waals surface area (Å²) in [7, 11) is 0. The maximum absolute atomic E-state index is 5.48. The first-order chi connectivity index (χ1) is 5.17. The van der Waals surface area contributed by atoms with Crippen molar-refractivity contribution in [3.63, 3.8) is 0 Å². The molecule has 0 saturated carbocycles. The molecule has 0 aliphatic carbocycles. The van der Waals surface area contributed by atoms with Gasteiger partial charge in [0.25, 0.3) is 0 Å². The van der Waals surface area contributed by atoms with Crippen LogP contribution in [0.5, 0.6) is 0 Å². The Hall–Kier alpha value is -0.0800. The van der Waals surface area contributed by atoms with Crippen molar-refractivity contribution in [1.82, 2.24) is 5.43 Å². The number of nitrogens with two attached hydrogens (primary N) is 1. The Labute approximate surface area is 70.5 Å². The van der Waals surface area contributed by atoms with Crippen molar-refractivity contribution in [2.45, 2.75) is 46.6 Å². The van der Waals surface area contributed by atoms with Gasteiger partial charge < -0.3 is 0 Å². The van der Waals surface area contributed by atoms with Crippen LogP contribution in [0.2, 0.25) is 0 Å². The second kappa shape index (κ2) is 5.56. The molecule has 1 unspecified atom stereocenters. The van der Waals surface area contributed by atoms with Crippen LogP contribution < -0.4 is 11.3 Å². The fourth-order valence-corrected chi connectivity index (χ4v) is 1.67. The fourth-order valence-electron chi connectivity index (χ4n) is 1.67. The SMILES string of the molecule is CCC(CC)C(NN)C(C)C. The second-order valence-corrected chi connectivity index (χ2v) is 3.51. The maximum atomic E-state index is 5.48. The summed E-state index contributed by atoms with van der Waals surface area (Å²) in [5, 5.41) is 0. The number of hydrogen-bond acceptors (Lipinski definition) is 2. The lowest BCUT2D eigenvalue weighted by atomic mass is 9.87. The zero-order chi connectivity index (χ0) is 8.85. The van der Waals surface area contributed by atoms with Gasteiger partial charge in [-0.2, -0.15) is 0 Å². The van der Waals surface area contributed by atoms with E-state index in [0.29, 0.717) is 12.0 Å². The smallest absolute Gasteiger partial charge is 0.0261 e. The first-order valence-corrected chi connectivity index (χ1v) is 4.63. The van der Waals surface area contributed by atoms with Gasteiger partial charge in [0.05, 0.1) is 0 Å². The number of rotatable bonds is 5. The highest BCUT2D eigenvalue weighted by Gasteiger charge is 2.19. The maximum Gasteiger partial charge on any atom is 0.0261 e. The van der Waals surface area contributed by atoms with E-state index in [1.165, 1.54) is 12.8 Å². The topological polar surface area (TPSA) is 38.0 Å². The lowest BCUT2D eigenvalue weighted by Crippen LogP contribution is -2.44. The molecule has 11 heavy (non-hydrogen) atoms. The zero-order valence-corrected chi connectivity index (χ0v) is 8.22. The molecule has 0 heterocycles. The summed E-state index contributed by atoms with van der Waals surface area (Å²) in [5.74, 6) is 6.83. The molecule has 0 radical (unpaired) electrons. The van der Waals surface area contributed by atoms with E-state index in [-0.39, 0.29) is 0 Å². The van der Waals surface area contributed by atoms with Gasteiger partial charge >= 0.3 is 0 Å². The number of hydrazine groups is 1. The highest BCUT2D eigenvalue weighted by atomic mass is 15.2. The molecular formula is C9H22N2. The highest BCUT2D eigenvalue weighted by molar-refractivity contribution is 4.75. The Morgan fingerprint density at radius 1 is 1.18 bits per heavy atom. The molecule has 0 aliphatic heterocycles. The Morgan fingerprint density at radius 2 is 1.64 bits per heavy atom. The van der Waals surface area contributed by atoms with Crippen LogP contribution >= 0.6 is 0 Å². The summed E-state index contributed by atoms with van der Waals surface area (Å²) in [6.07, 6.45) is 2.42. The molecule has 68 valence electrons. The van der Waals surface area contributed by atoms with Gasteiger partial charge in [0.2, 0.25) is 0 Å². The van der Waals surface area contributed by atoms with E-state index in [4.69, 9.17) is 5.84 Å². The zero-order valence-electron chi connectivity index (χ0n) is 8.22. The molecule has 3 N–H and O–H groups in total. The van der Waals surface area contributed by atoms with Gasteiger partial charge in [-0.1, -0.05) is 40.5 Å². The molecular weight excluding hydrogens is 136 g/mol. The summed E-state index contributed by atoms with van der Waals surface area (Å²) in [4.78, 5) is 0. The summed E-state index contributed by atoms with van der Waals surface area (Å²) in [6, 6.07) is 0.477. The molecule has 0 aromatic carbocycles. The van der Waals surface area contributed by atoms with E-state index < -0.39 is 0 Å². The predicted molar refractivity (Wildman–Crippen MR) is 50.0 cm³/mol. The molecule has 0 fully saturated rings. The van der Waals surface area contributed by atoms with Crippen molar-refractivity contribution < 1.29 is 0 Å². The molecule has 2 heteroatoms. The summed E-state index contributed by atoms with van der Waals surface area (Å²) >= 11 is 0. The standard InChI is InChI=1S/C9H22N2/c1-5-8(6-2)9(11-10)7(3)4/h7-9,11H,5-6,10H2,1-4H3. The van der Waals surface area contributed by atoms with E-state index in [1.807, 2.05) is 0 Å². The third kappa shape index (κ3) is 3.21. The van der Waals surface area contributed by atoms with Crippen LogP contribution in [-0.4, -0.2) is 6.04 Å². The molecule has 1 atom stereocenters. The summed E-state index contributed by atoms with van der Waals surface area (Å²) in [6.45, 7) is 8.87. The largest absolute Gasteiger partial charge is 0.271 e. The molecule has 0 saturated heterocycles. The van der Waals surface area contributed by atoms with Crippen molar-refractivity contribution in [2.75, 3.05) is 0 Å². The Kier molecular flexibility index (Phi) is 5.51. The molecule has 0 aromatic rings. The van der Waals surface area contributed by atoms with Crippen molar-refractivity contribution >= 4 is 0 Å². The van der Waals surface area contributed by atoms with Crippen LogP contribution in [0.15, 0.2) is 0 Å². The third-order valence-electron chi connectivity index (χ3n) is 2.47. The highest BCUT2D eigenvalue weighted by Crippen LogP contribution is 2.18. The number of hydrogen-bond donors (Lipinski definition) is 2. The van der Waals surface area contributed by atoms with Gasteiger partial charge in [-0.25, -0.2) is 0 Å². The van der Waals surface area contributed by atoms with E-state index in [0.717, 1.165) is 5.92 Å². The Balaban J connectivity index is 3.98. The van der Waals surface area contributed by atoms with Crippen LogP contribution in [0, 0.1) is 11.8 Å². The van der Waals surface area contributed by atoms with Gasteiger partial charge in [0.1, 0.15) is 0 Å². The average molecular weight is 158 g/mol. The van der Waals surface area contributed by atoms with Crippen LogP contribution in [0.3, 0.4) is 0 Å².